The zero-order chi connectivity index (χ0) is 24.7. The van der Waals surface area contributed by atoms with E-state index in [1.807, 2.05) is 25.1 Å². The molecule has 2 aromatic carbocycles. The summed E-state index contributed by atoms with van der Waals surface area (Å²) in [6.07, 6.45) is 3.48. The lowest BCUT2D eigenvalue weighted by Gasteiger charge is -2.13. The summed E-state index contributed by atoms with van der Waals surface area (Å²) in [5.74, 6) is 0.674. The van der Waals surface area contributed by atoms with Crippen molar-refractivity contribution in [2.75, 3.05) is 26.9 Å². The Hall–Kier alpha value is -2.79. The van der Waals surface area contributed by atoms with E-state index in [1.165, 1.54) is 11.8 Å². The van der Waals surface area contributed by atoms with E-state index in [2.05, 4.69) is 34.2 Å². The van der Waals surface area contributed by atoms with E-state index < -0.39 is 5.97 Å². The number of amidine groups is 1. The van der Waals surface area contributed by atoms with Gasteiger partial charge in [-0.15, -0.1) is 0 Å². The maximum atomic E-state index is 13.1. The molecule has 0 bridgehead atoms. The fourth-order valence-electron chi connectivity index (χ4n) is 3.15. The van der Waals surface area contributed by atoms with Gasteiger partial charge in [0, 0.05) is 6.54 Å². The highest BCUT2D eigenvalue weighted by molar-refractivity contribution is 14.1. The summed E-state index contributed by atoms with van der Waals surface area (Å²) in [5, 5.41) is 0.548. The minimum atomic E-state index is -0.406. The molecule has 1 aliphatic heterocycles. The molecule has 34 heavy (non-hydrogen) atoms. The minimum Gasteiger partial charge on any atom is -0.493 e. The number of carbonyl (C=O) groups is 2. The number of likely N-dealkylation sites (N-methyl/N-ethyl adjacent to an activating group) is 1. The fraction of sp³-hybridized carbons (Fsp3) is 0.240. The maximum Gasteiger partial charge on any atom is 0.338 e. The molecule has 0 saturated carbocycles. The van der Waals surface area contributed by atoms with Crippen molar-refractivity contribution in [3.05, 3.63) is 68.7 Å². The molecule has 0 unspecified atom stereocenters. The lowest BCUT2D eigenvalue weighted by molar-refractivity contribution is -0.122. The highest BCUT2D eigenvalue weighted by Gasteiger charge is 2.32. The van der Waals surface area contributed by atoms with Crippen LogP contribution >= 0.6 is 34.4 Å². The SMILES string of the molecule is C=CCOc1c(I)cc(C=C2SC(=Nc3cccc(C(=O)OCC)c3)N(CC)C2=O)cc1OC. The Bertz CT molecular complexity index is 1160. The molecule has 178 valence electrons. The van der Waals surface area contributed by atoms with Crippen LogP contribution in [-0.2, 0) is 9.53 Å². The Balaban J connectivity index is 1.92. The molecular formula is C25H25IN2O5S. The molecule has 1 heterocycles. The maximum absolute atomic E-state index is 13.1. The van der Waals surface area contributed by atoms with Gasteiger partial charge in [0.2, 0.25) is 0 Å². The largest absolute Gasteiger partial charge is 0.493 e. The lowest BCUT2D eigenvalue weighted by Crippen LogP contribution is -2.28. The standard InChI is InChI=1S/C25H25IN2O5S/c1-5-11-33-22-19(26)12-16(13-20(22)31-4)14-21-23(29)28(6-2)25(34-21)27-18-10-8-9-17(15-18)24(30)32-7-3/h5,8-10,12-15H,1,6-7,11H2,2-4H3. The molecule has 3 rings (SSSR count). The summed E-state index contributed by atoms with van der Waals surface area (Å²) in [5.41, 5.74) is 1.79. The highest BCUT2D eigenvalue weighted by Crippen LogP contribution is 2.38. The van der Waals surface area contributed by atoms with E-state index in [1.54, 1.807) is 49.3 Å². The van der Waals surface area contributed by atoms with Crippen molar-refractivity contribution in [1.29, 1.82) is 0 Å². The number of thioether (sulfide) groups is 1. The third-order valence-electron chi connectivity index (χ3n) is 4.68. The van der Waals surface area contributed by atoms with Gasteiger partial charge in [-0.1, -0.05) is 18.7 Å². The van der Waals surface area contributed by atoms with Gasteiger partial charge in [0.15, 0.2) is 16.7 Å². The number of halogens is 1. The van der Waals surface area contributed by atoms with Gasteiger partial charge >= 0.3 is 5.97 Å². The van der Waals surface area contributed by atoms with Gasteiger partial charge in [0.1, 0.15) is 6.61 Å². The number of methoxy groups -OCH3 is 1. The second kappa shape index (κ2) is 12.1. The smallest absolute Gasteiger partial charge is 0.338 e. The van der Waals surface area contributed by atoms with Crippen LogP contribution in [-0.4, -0.2) is 48.8 Å². The minimum absolute atomic E-state index is 0.131. The van der Waals surface area contributed by atoms with E-state index in [0.717, 1.165) is 9.13 Å². The number of hydrogen-bond donors (Lipinski definition) is 0. The monoisotopic (exact) mass is 592 g/mol. The normalized spacial score (nSPS) is 15.6. The molecule has 0 atom stereocenters. The fourth-order valence-corrected chi connectivity index (χ4v) is 5.00. The van der Waals surface area contributed by atoms with Gasteiger partial charge < -0.3 is 14.2 Å². The van der Waals surface area contributed by atoms with E-state index in [9.17, 15) is 9.59 Å². The van der Waals surface area contributed by atoms with Gasteiger partial charge in [0.25, 0.3) is 5.91 Å². The first-order valence-corrected chi connectivity index (χ1v) is 12.5. The van der Waals surface area contributed by atoms with Gasteiger partial charge in [-0.2, -0.15) is 0 Å². The van der Waals surface area contributed by atoms with Crippen molar-refractivity contribution in [2.45, 2.75) is 13.8 Å². The average molecular weight is 592 g/mol. The second-order valence-corrected chi connectivity index (χ2v) is 9.13. The first-order valence-electron chi connectivity index (χ1n) is 10.6. The Morgan fingerprint density at radius 1 is 1.26 bits per heavy atom. The lowest BCUT2D eigenvalue weighted by atomic mass is 10.2. The van der Waals surface area contributed by atoms with E-state index in [-0.39, 0.29) is 5.91 Å². The topological polar surface area (TPSA) is 77.4 Å². The number of carbonyl (C=O) groups excluding carboxylic acids is 2. The third-order valence-corrected chi connectivity index (χ3v) is 6.49. The molecule has 0 aromatic heterocycles. The molecule has 0 radical (unpaired) electrons. The number of aliphatic imine (C=N–C) groups is 1. The van der Waals surface area contributed by atoms with Crippen LogP contribution in [0.3, 0.4) is 0 Å². The van der Waals surface area contributed by atoms with Gasteiger partial charge in [-0.05, 0) is 90.2 Å². The summed E-state index contributed by atoms with van der Waals surface area (Å²) < 4.78 is 17.1. The van der Waals surface area contributed by atoms with Gasteiger partial charge in [-0.25, -0.2) is 9.79 Å². The van der Waals surface area contributed by atoms with E-state index >= 15 is 0 Å². The van der Waals surface area contributed by atoms with Crippen LogP contribution in [0.25, 0.3) is 6.08 Å². The van der Waals surface area contributed by atoms with E-state index in [0.29, 0.717) is 52.6 Å². The number of rotatable bonds is 9. The van der Waals surface area contributed by atoms with Crippen molar-refractivity contribution in [1.82, 2.24) is 4.90 Å². The van der Waals surface area contributed by atoms with Crippen LogP contribution < -0.4 is 9.47 Å². The molecule has 1 aliphatic rings. The van der Waals surface area contributed by atoms with Crippen LogP contribution in [0.15, 0.2) is 59.0 Å². The van der Waals surface area contributed by atoms with Crippen molar-refractivity contribution in [3.8, 4) is 11.5 Å². The molecule has 1 saturated heterocycles. The van der Waals surface area contributed by atoms with Crippen LogP contribution in [0.4, 0.5) is 5.69 Å². The van der Waals surface area contributed by atoms with Gasteiger partial charge in [0.05, 0.1) is 33.4 Å². The number of benzene rings is 2. The molecule has 7 nitrogen and oxygen atoms in total. The first-order chi connectivity index (χ1) is 16.4. The predicted octanol–water partition coefficient (Wildman–Crippen LogP) is 5.67. The summed E-state index contributed by atoms with van der Waals surface area (Å²) in [6.45, 7) is 8.45. The Morgan fingerprint density at radius 3 is 2.74 bits per heavy atom. The molecule has 0 N–H and O–H groups in total. The molecule has 0 aliphatic carbocycles. The molecular weight excluding hydrogens is 567 g/mol. The number of nitrogens with zero attached hydrogens (tertiary/aromatic N) is 2. The van der Waals surface area contributed by atoms with Crippen molar-refractivity contribution in [3.63, 3.8) is 0 Å². The number of esters is 1. The summed E-state index contributed by atoms with van der Waals surface area (Å²) in [6, 6.07) is 10.6. The molecule has 1 fully saturated rings. The van der Waals surface area contributed by atoms with E-state index in [4.69, 9.17) is 14.2 Å². The molecule has 0 spiro atoms. The molecule has 1 amide bonds. The highest BCUT2D eigenvalue weighted by atomic mass is 127. The number of hydrogen-bond acceptors (Lipinski definition) is 7. The van der Waals surface area contributed by atoms with Crippen molar-refractivity contribution in [2.24, 2.45) is 4.99 Å². The Labute approximate surface area is 217 Å². The van der Waals surface area contributed by atoms with Crippen LogP contribution in [0.2, 0.25) is 0 Å². The van der Waals surface area contributed by atoms with Crippen LogP contribution in [0.5, 0.6) is 11.5 Å². The number of amides is 1. The summed E-state index contributed by atoms with van der Waals surface area (Å²) >= 11 is 3.47. The van der Waals surface area contributed by atoms with Crippen LogP contribution in [0, 0.1) is 3.57 Å². The number of ether oxygens (including phenoxy) is 3. The Kier molecular flexibility index (Phi) is 9.17. The zero-order valence-corrected chi connectivity index (χ0v) is 22.1. The molecule has 2 aromatic rings. The average Bonchev–Trinajstić information content (AvgIpc) is 3.11. The second-order valence-electron chi connectivity index (χ2n) is 6.96. The quantitative estimate of drug-likeness (QED) is 0.162. The van der Waals surface area contributed by atoms with Crippen LogP contribution in [0.1, 0.15) is 29.8 Å². The van der Waals surface area contributed by atoms with Gasteiger partial charge in [-0.3, -0.25) is 9.69 Å². The molecule has 9 heteroatoms. The zero-order valence-electron chi connectivity index (χ0n) is 19.2. The van der Waals surface area contributed by atoms with Crippen molar-refractivity contribution < 1.29 is 23.8 Å². The first kappa shape index (κ1) is 25.8. The predicted molar refractivity (Wildman–Crippen MR) is 144 cm³/mol. The summed E-state index contributed by atoms with van der Waals surface area (Å²) in [7, 11) is 1.58. The third kappa shape index (κ3) is 6.01. The van der Waals surface area contributed by atoms with Crippen molar-refractivity contribution >= 4 is 63.2 Å². The Morgan fingerprint density at radius 2 is 2.06 bits per heavy atom. The summed E-state index contributed by atoms with van der Waals surface area (Å²) in [4.78, 5) is 31.9.